The van der Waals surface area contributed by atoms with Crippen LogP contribution in [0.3, 0.4) is 0 Å². The zero-order valence-electron chi connectivity index (χ0n) is 20.3. The van der Waals surface area contributed by atoms with Gasteiger partial charge in [0.25, 0.3) is 0 Å². The van der Waals surface area contributed by atoms with Gasteiger partial charge in [-0.2, -0.15) is 0 Å². The normalized spacial score (nSPS) is 14.9. The molecule has 4 rings (SSSR count). The fraction of sp³-hybridized carbons (Fsp3) is 0.333. The molecule has 1 aliphatic rings. The number of aromatic amines is 1. The number of nitrogens with zero attached hydrogens (tertiary/aromatic N) is 2. The van der Waals surface area contributed by atoms with E-state index < -0.39 is 5.97 Å². The van der Waals surface area contributed by atoms with Crippen LogP contribution in [0.5, 0.6) is 5.75 Å². The maximum atomic E-state index is 12.8. The van der Waals surface area contributed by atoms with E-state index in [1.165, 1.54) is 12.7 Å². The summed E-state index contributed by atoms with van der Waals surface area (Å²) >= 11 is 0. The standard InChI is InChI=1S/C27H32N4O4/c1-34-21-10-11-22-23(19-21)28-26(27(33)35-2)25(22)29-24(32)12-14-31-17-15-30(16-18-31)13-6-9-20-7-4-3-5-8-20/h3-11,19,28H,12-18H2,1-2H3,(H,29,32)/b9-6+. The van der Waals surface area contributed by atoms with E-state index >= 15 is 0 Å². The van der Waals surface area contributed by atoms with Crippen LogP contribution in [0.25, 0.3) is 17.0 Å². The van der Waals surface area contributed by atoms with E-state index in [9.17, 15) is 9.59 Å². The molecule has 1 amide bonds. The monoisotopic (exact) mass is 476 g/mol. The van der Waals surface area contributed by atoms with E-state index in [4.69, 9.17) is 9.47 Å². The summed E-state index contributed by atoms with van der Waals surface area (Å²) in [5, 5.41) is 3.65. The summed E-state index contributed by atoms with van der Waals surface area (Å²) in [5.74, 6) is -0.0178. The number of hydrogen-bond acceptors (Lipinski definition) is 6. The van der Waals surface area contributed by atoms with E-state index in [-0.39, 0.29) is 11.6 Å². The van der Waals surface area contributed by atoms with Crippen molar-refractivity contribution in [2.75, 3.05) is 58.8 Å². The third-order valence-corrected chi connectivity index (χ3v) is 6.25. The molecule has 1 saturated heterocycles. The van der Waals surface area contributed by atoms with Gasteiger partial charge >= 0.3 is 5.97 Å². The highest BCUT2D eigenvalue weighted by molar-refractivity contribution is 6.11. The summed E-state index contributed by atoms with van der Waals surface area (Å²) in [6.45, 7) is 5.38. The van der Waals surface area contributed by atoms with Gasteiger partial charge in [0.05, 0.1) is 25.4 Å². The first-order chi connectivity index (χ1) is 17.1. The zero-order valence-corrected chi connectivity index (χ0v) is 20.3. The van der Waals surface area contributed by atoms with Crippen molar-refractivity contribution in [1.29, 1.82) is 0 Å². The van der Waals surface area contributed by atoms with Crippen LogP contribution in [-0.4, -0.2) is 80.1 Å². The molecule has 1 aromatic heterocycles. The Bertz CT molecular complexity index is 1180. The van der Waals surface area contributed by atoms with Crippen molar-refractivity contribution in [1.82, 2.24) is 14.8 Å². The summed E-state index contributed by atoms with van der Waals surface area (Å²) in [4.78, 5) is 32.8. The molecule has 0 spiro atoms. The fourth-order valence-electron chi connectivity index (χ4n) is 4.25. The molecular formula is C27H32N4O4. The van der Waals surface area contributed by atoms with Gasteiger partial charge in [-0.05, 0) is 17.7 Å². The minimum absolute atomic E-state index is 0.139. The molecule has 35 heavy (non-hydrogen) atoms. The summed E-state index contributed by atoms with van der Waals surface area (Å²) in [6, 6.07) is 15.7. The van der Waals surface area contributed by atoms with Crippen molar-refractivity contribution in [3.8, 4) is 5.75 Å². The van der Waals surface area contributed by atoms with E-state index in [0.29, 0.717) is 29.9 Å². The molecule has 0 radical (unpaired) electrons. The highest BCUT2D eigenvalue weighted by Crippen LogP contribution is 2.31. The highest BCUT2D eigenvalue weighted by Gasteiger charge is 2.22. The van der Waals surface area contributed by atoms with Crippen molar-refractivity contribution in [2.45, 2.75) is 6.42 Å². The van der Waals surface area contributed by atoms with Crippen molar-refractivity contribution < 1.29 is 19.1 Å². The van der Waals surface area contributed by atoms with Crippen LogP contribution in [0.1, 0.15) is 22.5 Å². The Morgan fingerprint density at radius 3 is 2.49 bits per heavy atom. The third-order valence-electron chi connectivity index (χ3n) is 6.25. The Morgan fingerprint density at radius 1 is 1.03 bits per heavy atom. The number of piperazine rings is 1. The molecule has 3 aromatic rings. The van der Waals surface area contributed by atoms with Gasteiger partial charge in [0.15, 0.2) is 0 Å². The van der Waals surface area contributed by atoms with Crippen molar-refractivity contribution in [3.63, 3.8) is 0 Å². The molecule has 0 unspecified atom stereocenters. The Labute approximate surface area is 205 Å². The molecule has 1 aliphatic heterocycles. The lowest BCUT2D eigenvalue weighted by molar-refractivity contribution is -0.116. The number of rotatable bonds is 9. The molecule has 2 aromatic carbocycles. The van der Waals surface area contributed by atoms with Crippen molar-refractivity contribution in [3.05, 3.63) is 65.9 Å². The summed E-state index contributed by atoms with van der Waals surface area (Å²) in [7, 11) is 2.90. The van der Waals surface area contributed by atoms with Gasteiger partial charge in [-0.25, -0.2) is 4.79 Å². The molecule has 8 heteroatoms. The number of anilines is 1. The van der Waals surface area contributed by atoms with Gasteiger partial charge in [0, 0.05) is 57.1 Å². The van der Waals surface area contributed by atoms with Gasteiger partial charge in [-0.15, -0.1) is 0 Å². The summed E-state index contributed by atoms with van der Waals surface area (Å²) < 4.78 is 10.2. The molecule has 8 nitrogen and oxygen atoms in total. The average Bonchev–Trinajstić information content (AvgIpc) is 3.25. The number of carbonyl (C=O) groups is 2. The highest BCUT2D eigenvalue weighted by atomic mass is 16.5. The lowest BCUT2D eigenvalue weighted by Gasteiger charge is -2.34. The van der Waals surface area contributed by atoms with Gasteiger partial charge in [-0.3, -0.25) is 9.69 Å². The van der Waals surface area contributed by atoms with Gasteiger partial charge < -0.3 is 24.7 Å². The molecule has 0 bridgehead atoms. The summed E-state index contributed by atoms with van der Waals surface area (Å²) in [5.41, 5.74) is 2.56. The predicted molar refractivity (Wildman–Crippen MR) is 138 cm³/mol. The van der Waals surface area contributed by atoms with Crippen LogP contribution >= 0.6 is 0 Å². The van der Waals surface area contributed by atoms with Gasteiger partial charge in [0.1, 0.15) is 11.4 Å². The van der Waals surface area contributed by atoms with Crippen molar-refractivity contribution in [2.24, 2.45) is 0 Å². The largest absolute Gasteiger partial charge is 0.497 e. The molecule has 0 atom stereocenters. The smallest absolute Gasteiger partial charge is 0.356 e. The molecule has 0 aliphatic carbocycles. The number of aromatic nitrogens is 1. The first-order valence-electron chi connectivity index (χ1n) is 11.8. The Balaban J connectivity index is 1.28. The van der Waals surface area contributed by atoms with Crippen LogP contribution in [0.4, 0.5) is 5.69 Å². The predicted octanol–water partition coefficient (Wildman–Crippen LogP) is 3.62. The summed E-state index contributed by atoms with van der Waals surface area (Å²) in [6.07, 6.45) is 4.70. The Kier molecular flexibility index (Phi) is 8.18. The maximum absolute atomic E-state index is 12.8. The van der Waals surface area contributed by atoms with Gasteiger partial charge in [0.2, 0.25) is 5.91 Å². The second-order valence-corrected chi connectivity index (χ2v) is 8.53. The number of methoxy groups -OCH3 is 2. The molecule has 2 heterocycles. The first-order valence-corrected chi connectivity index (χ1v) is 11.8. The molecule has 2 N–H and O–H groups in total. The lowest BCUT2D eigenvalue weighted by atomic mass is 10.2. The Morgan fingerprint density at radius 2 is 1.77 bits per heavy atom. The van der Waals surface area contributed by atoms with E-state index in [2.05, 4.69) is 44.4 Å². The SMILES string of the molecule is COC(=O)c1[nH]c2cc(OC)ccc2c1NC(=O)CCN1CCN(C/C=C/c2ccccc2)CC1. The number of hydrogen-bond donors (Lipinski definition) is 2. The van der Waals surface area contributed by atoms with E-state index in [0.717, 1.165) is 38.1 Å². The van der Waals surface area contributed by atoms with E-state index in [1.807, 2.05) is 24.3 Å². The van der Waals surface area contributed by atoms with Crippen LogP contribution < -0.4 is 10.1 Å². The average molecular weight is 477 g/mol. The van der Waals surface area contributed by atoms with Crippen LogP contribution in [0.2, 0.25) is 0 Å². The fourth-order valence-corrected chi connectivity index (χ4v) is 4.25. The topological polar surface area (TPSA) is 86.9 Å². The quantitative estimate of drug-likeness (QED) is 0.459. The van der Waals surface area contributed by atoms with E-state index in [1.54, 1.807) is 19.2 Å². The second-order valence-electron chi connectivity index (χ2n) is 8.53. The molecule has 1 fully saturated rings. The number of ether oxygens (including phenoxy) is 2. The number of nitrogens with one attached hydrogen (secondary N) is 2. The van der Waals surface area contributed by atoms with Gasteiger partial charge in [-0.1, -0.05) is 42.5 Å². The van der Waals surface area contributed by atoms with Crippen LogP contribution in [-0.2, 0) is 9.53 Å². The molecular weight excluding hydrogens is 444 g/mol. The minimum atomic E-state index is -0.534. The lowest BCUT2D eigenvalue weighted by Crippen LogP contribution is -2.46. The second kappa shape index (κ2) is 11.7. The molecule has 0 saturated carbocycles. The van der Waals surface area contributed by atoms with Crippen LogP contribution in [0.15, 0.2) is 54.6 Å². The number of fused-ring (bicyclic) bond motifs is 1. The number of benzene rings is 2. The van der Waals surface area contributed by atoms with Crippen molar-refractivity contribution >= 4 is 34.5 Å². The number of H-pyrrole nitrogens is 1. The first kappa shape index (κ1) is 24.5. The molecule has 184 valence electrons. The zero-order chi connectivity index (χ0) is 24.6. The number of carbonyl (C=O) groups excluding carboxylic acids is 2. The third kappa shape index (κ3) is 6.29. The number of esters is 1. The maximum Gasteiger partial charge on any atom is 0.356 e. The van der Waals surface area contributed by atoms with Crippen LogP contribution in [0, 0.1) is 0 Å². The number of amides is 1. The minimum Gasteiger partial charge on any atom is -0.497 e. The Hall–Kier alpha value is -3.62.